The Morgan fingerprint density at radius 3 is 2.48 bits per heavy atom. The first-order valence-electron chi connectivity index (χ1n) is 8.75. The highest BCUT2D eigenvalue weighted by atomic mass is 32.2. The van der Waals surface area contributed by atoms with Gasteiger partial charge in [-0.25, -0.2) is 0 Å². The molecule has 21 heavy (non-hydrogen) atoms. The normalized spacial score (nSPS) is 29.7. The molecule has 0 aromatic rings. The van der Waals surface area contributed by atoms with E-state index in [4.69, 9.17) is 0 Å². The first-order valence-corrected chi connectivity index (χ1v) is 10.4. The third kappa shape index (κ3) is 4.52. The van der Waals surface area contributed by atoms with Gasteiger partial charge in [-0.15, -0.1) is 0 Å². The van der Waals surface area contributed by atoms with E-state index in [1.54, 1.807) is 0 Å². The summed E-state index contributed by atoms with van der Waals surface area (Å²) in [5.41, 5.74) is 0.373. The van der Waals surface area contributed by atoms with Gasteiger partial charge in [0, 0.05) is 47.0 Å². The van der Waals surface area contributed by atoms with E-state index in [-0.39, 0.29) is 0 Å². The molecule has 1 heterocycles. The van der Waals surface area contributed by atoms with Crippen molar-refractivity contribution in [1.82, 2.24) is 10.2 Å². The average molecular weight is 315 g/mol. The lowest BCUT2D eigenvalue weighted by Gasteiger charge is -2.51. The molecule has 0 bridgehead atoms. The summed E-state index contributed by atoms with van der Waals surface area (Å²) in [6.07, 6.45) is 9.73. The molecule has 4 heteroatoms. The first kappa shape index (κ1) is 17.4. The summed E-state index contributed by atoms with van der Waals surface area (Å²) in [4.78, 5) is 2.70. The molecule has 124 valence electrons. The maximum absolute atomic E-state index is 11.6. The van der Waals surface area contributed by atoms with Crippen LogP contribution in [0.15, 0.2) is 0 Å². The van der Waals surface area contributed by atoms with Crippen LogP contribution < -0.4 is 5.32 Å². The Hall–Kier alpha value is 0.0700. The Morgan fingerprint density at radius 1 is 1.24 bits per heavy atom. The fourth-order valence-corrected chi connectivity index (χ4v) is 4.43. The van der Waals surface area contributed by atoms with Crippen LogP contribution in [0.3, 0.4) is 0 Å². The predicted molar refractivity (Wildman–Crippen MR) is 92.2 cm³/mol. The number of nitrogens with one attached hydrogen (secondary N) is 1. The van der Waals surface area contributed by atoms with Crippen LogP contribution in [0.2, 0.25) is 0 Å². The molecule has 2 aliphatic rings. The molecule has 1 aliphatic carbocycles. The van der Waals surface area contributed by atoms with Gasteiger partial charge in [-0.3, -0.25) is 9.11 Å². The third-order valence-corrected chi connectivity index (χ3v) is 7.00. The van der Waals surface area contributed by atoms with Crippen molar-refractivity contribution in [3.05, 3.63) is 0 Å². The van der Waals surface area contributed by atoms with Gasteiger partial charge in [-0.1, -0.05) is 40.0 Å². The van der Waals surface area contributed by atoms with Crippen molar-refractivity contribution in [3.8, 4) is 0 Å². The average Bonchev–Trinajstić information content (AvgIpc) is 2.45. The molecule has 1 aliphatic heterocycles. The molecule has 1 N–H and O–H groups in total. The Morgan fingerprint density at radius 2 is 1.90 bits per heavy atom. The van der Waals surface area contributed by atoms with Gasteiger partial charge in [-0.05, 0) is 31.7 Å². The zero-order valence-electron chi connectivity index (χ0n) is 14.4. The van der Waals surface area contributed by atoms with Gasteiger partial charge >= 0.3 is 0 Å². The zero-order valence-corrected chi connectivity index (χ0v) is 15.2. The number of hydrogen-bond acceptors (Lipinski definition) is 3. The minimum atomic E-state index is -0.692. The van der Waals surface area contributed by atoms with Gasteiger partial charge in [0.05, 0.1) is 0 Å². The van der Waals surface area contributed by atoms with Crippen molar-refractivity contribution < 1.29 is 4.21 Å². The Bertz CT molecular complexity index is 353. The standard InChI is InChI=1S/C17H34N2OS/c1-14(2)16-12-18-17(9-6-5-7-10-17)13-19(16)11-8-15(3)21(4)20/h14-16,18H,5-13H2,1-4H3. The maximum Gasteiger partial charge on any atom is 0.0329 e. The van der Waals surface area contributed by atoms with E-state index < -0.39 is 10.8 Å². The molecule has 0 amide bonds. The molecule has 1 saturated carbocycles. The monoisotopic (exact) mass is 314 g/mol. The molecule has 1 saturated heterocycles. The fourth-order valence-electron chi connectivity index (χ4n) is 3.99. The van der Waals surface area contributed by atoms with Crippen molar-refractivity contribution in [3.63, 3.8) is 0 Å². The lowest BCUT2D eigenvalue weighted by atomic mass is 9.78. The number of piperazine rings is 1. The van der Waals surface area contributed by atoms with Crippen LogP contribution in [-0.4, -0.2) is 51.8 Å². The van der Waals surface area contributed by atoms with E-state index in [0.29, 0.717) is 22.7 Å². The second kappa shape index (κ2) is 7.56. The molecule has 1 spiro atoms. The molecule has 3 unspecified atom stereocenters. The van der Waals surface area contributed by atoms with Crippen molar-refractivity contribution >= 4 is 10.8 Å². The summed E-state index contributed by atoms with van der Waals surface area (Å²) in [6, 6.07) is 0.634. The molecule has 0 aromatic heterocycles. The van der Waals surface area contributed by atoms with Crippen molar-refractivity contribution in [2.24, 2.45) is 5.92 Å². The highest BCUT2D eigenvalue weighted by Crippen LogP contribution is 2.33. The Kier molecular flexibility index (Phi) is 6.27. The molecule has 3 nitrogen and oxygen atoms in total. The highest BCUT2D eigenvalue weighted by Gasteiger charge is 2.40. The van der Waals surface area contributed by atoms with Gasteiger partial charge in [0.1, 0.15) is 0 Å². The summed E-state index contributed by atoms with van der Waals surface area (Å²) >= 11 is 0. The Labute approximate surface area is 133 Å². The van der Waals surface area contributed by atoms with Crippen LogP contribution in [-0.2, 0) is 10.8 Å². The number of hydrogen-bond donors (Lipinski definition) is 1. The van der Waals surface area contributed by atoms with Crippen LogP contribution in [0.4, 0.5) is 0 Å². The maximum atomic E-state index is 11.6. The van der Waals surface area contributed by atoms with E-state index >= 15 is 0 Å². The van der Waals surface area contributed by atoms with Crippen LogP contribution in [0.5, 0.6) is 0 Å². The second-order valence-corrected chi connectivity index (χ2v) is 9.40. The Balaban J connectivity index is 1.99. The van der Waals surface area contributed by atoms with Crippen LogP contribution in [0, 0.1) is 5.92 Å². The van der Waals surface area contributed by atoms with Gasteiger partial charge in [0.2, 0.25) is 0 Å². The van der Waals surface area contributed by atoms with E-state index in [0.717, 1.165) is 19.5 Å². The number of rotatable bonds is 5. The summed E-state index contributed by atoms with van der Waals surface area (Å²) in [5, 5.41) is 4.22. The summed E-state index contributed by atoms with van der Waals surface area (Å²) in [5.74, 6) is 0.681. The van der Waals surface area contributed by atoms with Crippen molar-refractivity contribution in [1.29, 1.82) is 0 Å². The topological polar surface area (TPSA) is 32.3 Å². The van der Waals surface area contributed by atoms with E-state index in [2.05, 4.69) is 31.0 Å². The molecule has 0 radical (unpaired) electrons. The molecule has 0 aromatic carbocycles. The lowest BCUT2D eigenvalue weighted by molar-refractivity contribution is 0.0359. The van der Waals surface area contributed by atoms with Gasteiger partial charge in [-0.2, -0.15) is 0 Å². The van der Waals surface area contributed by atoms with E-state index in [9.17, 15) is 4.21 Å². The quantitative estimate of drug-likeness (QED) is 0.847. The molecular weight excluding hydrogens is 280 g/mol. The number of nitrogens with zero attached hydrogens (tertiary/aromatic N) is 1. The van der Waals surface area contributed by atoms with Crippen LogP contribution in [0.1, 0.15) is 59.3 Å². The molecule has 3 atom stereocenters. The predicted octanol–water partition coefficient (Wildman–Crippen LogP) is 2.78. The van der Waals surface area contributed by atoms with Crippen molar-refractivity contribution in [2.45, 2.75) is 76.1 Å². The van der Waals surface area contributed by atoms with E-state index in [1.165, 1.54) is 38.6 Å². The zero-order chi connectivity index (χ0) is 15.5. The van der Waals surface area contributed by atoms with Gasteiger partial charge in [0.25, 0.3) is 0 Å². The summed E-state index contributed by atoms with van der Waals surface area (Å²) in [6.45, 7) is 10.2. The third-order valence-electron chi connectivity index (χ3n) is 5.63. The molecule has 2 rings (SSSR count). The minimum absolute atomic E-state index is 0.315. The minimum Gasteiger partial charge on any atom is -0.308 e. The van der Waals surface area contributed by atoms with Gasteiger partial charge in [0.15, 0.2) is 0 Å². The van der Waals surface area contributed by atoms with E-state index in [1.807, 2.05) is 6.26 Å². The first-order chi connectivity index (χ1) is 9.93. The fraction of sp³-hybridized carbons (Fsp3) is 1.00. The second-order valence-electron chi connectivity index (χ2n) is 7.60. The van der Waals surface area contributed by atoms with Crippen molar-refractivity contribution in [2.75, 3.05) is 25.9 Å². The molecular formula is C17H34N2OS. The summed E-state index contributed by atoms with van der Waals surface area (Å²) < 4.78 is 11.6. The SMILES string of the molecule is CC(C)C1CNC2(CCCCC2)CN1CCC(C)S(C)=O. The largest absolute Gasteiger partial charge is 0.308 e. The van der Waals surface area contributed by atoms with Gasteiger partial charge < -0.3 is 5.32 Å². The van der Waals surface area contributed by atoms with Crippen LogP contribution in [0.25, 0.3) is 0 Å². The molecule has 2 fully saturated rings. The highest BCUT2D eigenvalue weighted by molar-refractivity contribution is 7.84. The van der Waals surface area contributed by atoms with Crippen LogP contribution >= 0.6 is 0 Å². The lowest BCUT2D eigenvalue weighted by Crippen LogP contribution is -2.66. The smallest absolute Gasteiger partial charge is 0.0329 e. The summed E-state index contributed by atoms with van der Waals surface area (Å²) in [7, 11) is -0.692.